The van der Waals surface area contributed by atoms with E-state index in [1.165, 1.54) is 5.56 Å². The molecular formula is C19H19N5. The van der Waals surface area contributed by atoms with Crippen LogP contribution in [0, 0.1) is 13.8 Å². The van der Waals surface area contributed by atoms with Crippen LogP contribution in [0.2, 0.25) is 0 Å². The summed E-state index contributed by atoms with van der Waals surface area (Å²) >= 11 is 0. The molecule has 2 heterocycles. The van der Waals surface area contributed by atoms with Crippen molar-refractivity contribution in [2.24, 2.45) is 0 Å². The fourth-order valence-electron chi connectivity index (χ4n) is 2.96. The van der Waals surface area contributed by atoms with E-state index in [4.69, 9.17) is 0 Å². The molecule has 0 atom stereocenters. The first-order valence-corrected chi connectivity index (χ1v) is 8.01. The molecule has 0 amide bonds. The standard InChI is InChI=1S/C19H19N5/c1-13-11-14(2)24(23-13)18-10-6-3-7-15(18)12-20-19-21-16-8-4-5-9-17(16)22-19/h3-11H,12H2,1-2H3,(H2,20,21,22). The number of hydrogen-bond donors (Lipinski definition) is 2. The van der Waals surface area contributed by atoms with E-state index in [0.717, 1.165) is 34.1 Å². The number of aromatic nitrogens is 4. The quantitative estimate of drug-likeness (QED) is 0.598. The van der Waals surface area contributed by atoms with E-state index in [1.54, 1.807) is 0 Å². The lowest BCUT2D eigenvalue weighted by Crippen LogP contribution is -2.08. The van der Waals surface area contributed by atoms with Crippen LogP contribution in [0.25, 0.3) is 16.7 Å². The average Bonchev–Trinajstić information content (AvgIpc) is 3.15. The van der Waals surface area contributed by atoms with Gasteiger partial charge in [0.25, 0.3) is 0 Å². The van der Waals surface area contributed by atoms with E-state index in [1.807, 2.05) is 48.0 Å². The number of para-hydroxylation sites is 3. The van der Waals surface area contributed by atoms with Gasteiger partial charge in [0, 0.05) is 12.2 Å². The summed E-state index contributed by atoms with van der Waals surface area (Å²) in [7, 11) is 0. The number of benzene rings is 2. The molecule has 0 aliphatic rings. The Morgan fingerprint density at radius 2 is 1.83 bits per heavy atom. The zero-order valence-electron chi connectivity index (χ0n) is 13.7. The molecule has 0 radical (unpaired) electrons. The van der Waals surface area contributed by atoms with Crippen LogP contribution in [0.15, 0.2) is 54.6 Å². The zero-order chi connectivity index (χ0) is 16.5. The Kier molecular flexibility index (Phi) is 3.54. The minimum atomic E-state index is 0.675. The Morgan fingerprint density at radius 3 is 2.62 bits per heavy atom. The summed E-state index contributed by atoms with van der Waals surface area (Å²) < 4.78 is 1.99. The van der Waals surface area contributed by atoms with Crippen molar-refractivity contribution in [3.63, 3.8) is 0 Å². The molecule has 2 aromatic carbocycles. The third-order valence-electron chi connectivity index (χ3n) is 4.07. The number of aryl methyl sites for hydroxylation is 2. The first-order valence-electron chi connectivity index (χ1n) is 8.01. The summed E-state index contributed by atoms with van der Waals surface area (Å²) in [6, 6.07) is 18.4. The topological polar surface area (TPSA) is 58.5 Å². The number of fused-ring (bicyclic) bond motifs is 1. The minimum Gasteiger partial charge on any atom is -0.352 e. The number of anilines is 1. The maximum Gasteiger partial charge on any atom is 0.201 e. The van der Waals surface area contributed by atoms with E-state index in [9.17, 15) is 0 Å². The number of aromatic amines is 1. The van der Waals surface area contributed by atoms with Crippen molar-refractivity contribution in [1.82, 2.24) is 19.7 Å². The normalized spacial score (nSPS) is 11.1. The molecule has 2 N–H and O–H groups in total. The van der Waals surface area contributed by atoms with Gasteiger partial charge in [0.05, 0.1) is 22.4 Å². The predicted octanol–water partition coefficient (Wildman–Crippen LogP) is 3.98. The molecule has 0 aliphatic carbocycles. The molecule has 120 valence electrons. The molecule has 5 nitrogen and oxygen atoms in total. The zero-order valence-corrected chi connectivity index (χ0v) is 13.7. The lowest BCUT2D eigenvalue weighted by molar-refractivity contribution is 0.821. The highest BCUT2D eigenvalue weighted by Gasteiger charge is 2.09. The third kappa shape index (κ3) is 2.65. The van der Waals surface area contributed by atoms with Crippen molar-refractivity contribution in [3.8, 4) is 5.69 Å². The smallest absolute Gasteiger partial charge is 0.201 e. The molecule has 24 heavy (non-hydrogen) atoms. The predicted molar refractivity (Wildman–Crippen MR) is 96.5 cm³/mol. The van der Waals surface area contributed by atoms with Gasteiger partial charge in [-0.25, -0.2) is 9.67 Å². The van der Waals surface area contributed by atoms with Gasteiger partial charge in [-0.1, -0.05) is 30.3 Å². The Morgan fingerprint density at radius 1 is 1.04 bits per heavy atom. The van der Waals surface area contributed by atoms with Crippen molar-refractivity contribution in [2.75, 3.05) is 5.32 Å². The van der Waals surface area contributed by atoms with Gasteiger partial charge < -0.3 is 10.3 Å². The molecular weight excluding hydrogens is 298 g/mol. The monoisotopic (exact) mass is 317 g/mol. The minimum absolute atomic E-state index is 0.675. The Hall–Kier alpha value is -3.08. The summed E-state index contributed by atoms with van der Waals surface area (Å²) in [6.07, 6.45) is 0. The molecule has 0 unspecified atom stereocenters. The lowest BCUT2D eigenvalue weighted by atomic mass is 10.1. The van der Waals surface area contributed by atoms with Crippen molar-refractivity contribution < 1.29 is 0 Å². The molecule has 0 bridgehead atoms. The summed E-state index contributed by atoms with van der Waals surface area (Å²) in [5, 5.41) is 7.98. The molecule has 0 spiro atoms. The largest absolute Gasteiger partial charge is 0.352 e. The van der Waals surface area contributed by atoms with Crippen LogP contribution in [-0.4, -0.2) is 19.7 Å². The molecule has 0 fully saturated rings. The van der Waals surface area contributed by atoms with Gasteiger partial charge in [0.15, 0.2) is 0 Å². The number of nitrogens with zero attached hydrogens (tertiary/aromatic N) is 3. The highest BCUT2D eigenvalue weighted by Crippen LogP contribution is 2.19. The third-order valence-corrected chi connectivity index (χ3v) is 4.07. The van der Waals surface area contributed by atoms with Gasteiger partial charge in [-0.2, -0.15) is 5.10 Å². The highest BCUT2D eigenvalue weighted by atomic mass is 15.3. The number of nitrogens with one attached hydrogen (secondary N) is 2. The van der Waals surface area contributed by atoms with Gasteiger partial charge in [0.1, 0.15) is 0 Å². The van der Waals surface area contributed by atoms with E-state index in [0.29, 0.717) is 6.54 Å². The van der Waals surface area contributed by atoms with Crippen molar-refractivity contribution >= 4 is 17.0 Å². The first kappa shape index (κ1) is 14.5. The molecule has 2 aromatic heterocycles. The number of hydrogen-bond acceptors (Lipinski definition) is 3. The summed E-state index contributed by atoms with van der Waals surface area (Å²) in [5.74, 6) is 0.777. The maximum absolute atomic E-state index is 4.60. The lowest BCUT2D eigenvalue weighted by Gasteiger charge is -2.11. The first-order chi connectivity index (χ1) is 11.7. The molecule has 0 aliphatic heterocycles. The molecule has 4 rings (SSSR count). The molecule has 4 aromatic rings. The summed E-state index contributed by atoms with van der Waals surface area (Å²) in [6.45, 7) is 4.76. The second kappa shape index (κ2) is 5.85. The summed E-state index contributed by atoms with van der Waals surface area (Å²) in [5.41, 5.74) is 6.41. The fraction of sp³-hybridized carbons (Fsp3) is 0.158. The van der Waals surface area contributed by atoms with E-state index < -0.39 is 0 Å². The van der Waals surface area contributed by atoms with E-state index in [2.05, 4.69) is 45.5 Å². The molecule has 5 heteroatoms. The second-order valence-electron chi connectivity index (χ2n) is 5.92. The van der Waals surface area contributed by atoms with Crippen molar-refractivity contribution in [3.05, 3.63) is 71.5 Å². The molecule has 0 saturated heterocycles. The fourth-order valence-corrected chi connectivity index (χ4v) is 2.96. The van der Waals surface area contributed by atoms with Gasteiger partial charge in [0.2, 0.25) is 5.95 Å². The van der Waals surface area contributed by atoms with Crippen LogP contribution in [0.1, 0.15) is 17.0 Å². The number of imidazole rings is 1. The SMILES string of the molecule is Cc1cc(C)n(-c2ccccc2CNc2nc3ccccc3[nH]2)n1. The van der Waals surface area contributed by atoms with Gasteiger partial charge in [-0.05, 0) is 43.7 Å². The van der Waals surface area contributed by atoms with Crippen LogP contribution in [0.4, 0.5) is 5.95 Å². The second-order valence-corrected chi connectivity index (χ2v) is 5.92. The Bertz CT molecular complexity index is 963. The van der Waals surface area contributed by atoms with E-state index >= 15 is 0 Å². The summed E-state index contributed by atoms with van der Waals surface area (Å²) in [4.78, 5) is 7.86. The Balaban J connectivity index is 1.62. The van der Waals surface area contributed by atoms with Gasteiger partial charge in [-0.15, -0.1) is 0 Å². The van der Waals surface area contributed by atoms with Crippen LogP contribution in [0.3, 0.4) is 0 Å². The van der Waals surface area contributed by atoms with E-state index in [-0.39, 0.29) is 0 Å². The van der Waals surface area contributed by atoms with Crippen LogP contribution in [0.5, 0.6) is 0 Å². The van der Waals surface area contributed by atoms with Crippen molar-refractivity contribution in [2.45, 2.75) is 20.4 Å². The highest BCUT2D eigenvalue weighted by molar-refractivity contribution is 5.77. The van der Waals surface area contributed by atoms with Gasteiger partial charge in [-0.3, -0.25) is 0 Å². The van der Waals surface area contributed by atoms with Gasteiger partial charge >= 0.3 is 0 Å². The Labute approximate surface area is 140 Å². The van der Waals surface area contributed by atoms with Crippen LogP contribution < -0.4 is 5.32 Å². The molecule has 0 saturated carbocycles. The maximum atomic E-state index is 4.60. The number of rotatable bonds is 4. The van der Waals surface area contributed by atoms with Crippen molar-refractivity contribution in [1.29, 1.82) is 0 Å². The number of H-pyrrole nitrogens is 1. The van der Waals surface area contributed by atoms with Crippen LogP contribution in [-0.2, 0) is 6.54 Å². The van der Waals surface area contributed by atoms with Crippen LogP contribution >= 0.6 is 0 Å². The average molecular weight is 317 g/mol.